The van der Waals surface area contributed by atoms with Gasteiger partial charge in [-0.15, -0.1) is 0 Å². The van der Waals surface area contributed by atoms with Crippen LogP contribution in [0.5, 0.6) is 5.88 Å². The van der Waals surface area contributed by atoms with Crippen LogP contribution < -0.4 is 10.5 Å². The Morgan fingerprint density at radius 3 is 2.72 bits per heavy atom. The van der Waals surface area contributed by atoms with Crippen LogP contribution in [0.15, 0.2) is 12.4 Å². The monoisotopic (exact) mass is 249 g/mol. The number of nitrogens with zero attached hydrogens (tertiary/aromatic N) is 2. The van der Waals surface area contributed by atoms with E-state index in [1.165, 1.54) is 19.3 Å². The van der Waals surface area contributed by atoms with E-state index in [1.807, 2.05) is 0 Å². The molecule has 100 valence electrons. The van der Waals surface area contributed by atoms with Crippen LogP contribution in [0.1, 0.15) is 51.3 Å². The van der Waals surface area contributed by atoms with E-state index in [2.05, 4.69) is 23.8 Å². The molecule has 0 aliphatic heterocycles. The molecule has 2 atom stereocenters. The van der Waals surface area contributed by atoms with Gasteiger partial charge in [0.2, 0.25) is 5.88 Å². The van der Waals surface area contributed by atoms with Crippen molar-refractivity contribution < 1.29 is 4.74 Å². The third kappa shape index (κ3) is 2.48. The molecule has 1 aromatic heterocycles. The van der Waals surface area contributed by atoms with E-state index >= 15 is 0 Å². The Morgan fingerprint density at radius 1 is 1.33 bits per heavy atom. The van der Waals surface area contributed by atoms with Crippen LogP contribution in [0.2, 0.25) is 0 Å². The maximum atomic E-state index is 6.44. The highest BCUT2D eigenvalue weighted by Crippen LogP contribution is 2.46. The smallest absolute Gasteiger partial charge is 0.236 e. The normalized spacial score (nSPS) is 24.6. The van der Waals surface area contributed by atoms with Crippen molar-refractivity contribution in [3.8, 4) is 5.88 Å². The summed E-state index contributed by atoms with van der Waals surface area (Å²) in [6.45, 7) is 4.61. The fourth-order valence-corrected chi connectivity index (χ4v) is 3.10. The number of aromatic nitrogens is 2. The zero-order valence-electron chi connectivity index (χ0n) is 11.5. The van der Waals surface area contributed by atoms with E-state index in [0.29, 0.717) is 11.8 Å². The quantitative estimate of drug-likeness (QED) is 0.894. The average molecular weight is 249 g/mol. The van der Waals surface area contributed by atoms with Crippen molar-refractivity contribution in [1.29, 1.82) is 0 Å². The van der Waals surface area contributed by atoms with Gasteiger partial charge in [-0.05, 0) is 24.2 Å². The number of nitrogens with two attached hydrogens (primary N) is 1. The third-order valence-corrected chi connectivity index (χ3v) is 4.22. The SMILES string of the molecule is COc1nccnc1C(N)C1CCCCC1(C)C. The van der Waals surface area contributed by atoms with Gasteiger partial charge in [-0.3, -0.25) is 4.98 Å². The van der Waals surface area contributed by atoms with E-state index in [-0.39, 0.29) is 11.5 Å². The van der Waals surface area contributed by atoms with Gasteiger partial charge < -0.3 is 10.5 Å². The highest BCUT2D eigenvalue weighted by atomic mass is 16.5. The van der Waals surface area contributed by atoms with Crippen molar-refractivity contribution >= 4 is 0 Å². The molecular formula is C14H23N3O. The summed E-state index contributed by atoms with van der Waals surface area (Å²) in [4.78, 5) is 8.57. The van der Waals surface area contributed by atoms with E-state index < -0.39 is 0 Å². The predicted molar refractivity (Wildman–Crippen MR) is 71.3 cm³/mol. The molecule has 0 aromatic carbocycles. The van der Waals surface area contributed by atoms with Crippen molar-refractivity contribution in [2.24, 2.45) is 17.1 Å². The molecule has 1 saturated carbocycles. The Morgan fingerprint density at radius 2 is 2.06 bits per heavy atom. The van der Waals surface area contributed by atoms with Gasteiger partial charge in [-0.2, -0.15) is 0 Å². The molecule has 18 heavy (non-hydrogen) atoms. The van der Waals surface area contributed by atoms with E-state index in [9.17, 15) is 0 Å². The lowest BCUT2D eigenvalue weighted by Gasteiger charge is -2.41. The Hall–Kier alpha value is -1.16. The van der Waals surface area contributed by atoms with Gasteiger partial charge in [0.05, 0.1) is 13.2 Å². The van der Waals surface area contributed by atoms with Crippen LogP contribution in [0, 0.1) is 11.3 Å². The van der Waals surface area contributed by atoms with Gasteiger partial charge in [0, 0.05) is 12.4 Å². The van der Waals surface area contributed by atoms with Gasteiger partial charge in [-0.25, -0.2) is 4.98 Å². The predicted octanol–water partition coefficient (Wildman–Crippen LogP) is 2.70. The number of ether oxygens (including phenoxy) is 1. The molecular weight excluding hydrogens is 226 g/mol. The molecule has 0 spiro atoms. The zero-order valence-corrected chi connectivity index (χ0v) is 11.5. The largest absolute Gasteiger partial charge is 0.480 e. The Labute approximate surface area is 109 Å². The molecule has 1 aliphatic rings. The minimum Gasteiger partial charge on any atom is -0.480 e. The van der Waals surface area contributed by atoms with Crippen LogP contribution in [0.4, 0.5) is 0 Å². The highest BCUT2D eigenvalue weighted by Gasteiger charge is 2.38. The highest BCUT2D eigenvalue weighted by molar-refractivity contribution is 5.22. The summed E-state index contributed by atoms with van der Waals surface area (Å²) >= 11 is 0. The molecule has 2 N–H and O–H groups in total. The summed E-state index contributed by atoms with van der Waals surface area (Å²) in [6, 6.07) is -0.0936. The van der Waals surface area contributed by atoms with Crippen molar-refractivity contribution in [3.05, 3.63) is 18.1 Å². The first-order chi connectivity index (χ1) is 8.56. The van der Waals surface area contributed by atoms with Crippen molar-refractivity contribution in [2.45, 2.75) is 45.6 Å². The molecule has 4 nitrogen and oxygen atoms in total. The van der Waals surface area contributed by atoms with Crippen molar-refractivity contribution in [3.63, 3.8) is 0 Å². The van der Waals surface area contributed by atoms with Gasteiger partial charge in [0.1, 0.15) is 5.69 Å². The lowest BCUT2D eigenvalue weighted by Crippen LogP contribution is -2.37. The minimum absolute atomic E-state index is 0.0936. The summed E-state index contributed by atoms with van der Waals surface area (Å²) in [5.41, 5.74) is 7.49. The lowest BCUT2D eigenvalue weighted by atomic mass is 9.65. The Balaban J connectivity index is 2.27. The van der Waals surface area contributed by atoms with Crippen LogP contribution in [-0.2, 0) is 0 Å². The standard InChI is InChI=1S/C14H23N3O/c1-14(2)7-5-4-6-10(14)11(15)12-13(18-3)17-9-8-16-12/h8-11H,4-7,15H2,1-3H3. The van der Waals surface area contributed by atoms with E-state index in [4.69, 9.17) is 10.5 Å². The van der Waals surface area contributed by atoms with Crippen molar-refractivity contribution in [2.75, 3.05) is 7.11 Å². The first kappa shape index (κ1) is 13.3. The third-order valence-electron chi connectivity index (χ3n) is 4.22. The van der Waals surface area contributed by atoms with Gasteiger partial charge in [-0.1, -0.05) is 26.7 Å². The summed E-state index contributed by atoms with van der Waals surface area (Å²) in [7, 11) is 1.62. The zero-order chi connectivity index (χ0) is 13.2. The fraction of sp³-hybridized carbons (Fsp3) is 0.714. The molecule has 1 aliphatic carbocycles. The first-order valence-electron chi connectivity index (χ1n) is 6.67. The second kappa shape index (κ2) is 5.22. The molecule has 2 unspecified atom stereocenters. The second-order valence-corrected chi connectivity index (χ2v) is 5.82. The maximum absolute atomic E-state index is 6.44. The van der Waals surface area contributed by atoms with Gasteiger partial charge in [0.15, 0.2) is 0 Å². The maximum Gasteiger partial charge on any atom is 0.236 e. The first-order valence-corrected chi connectivity index (χ1v) is 6.67. The average Bonchev–Trinajstić information content (AvgIpc) is 2.37. The number of methoxy groups -OCH3 is 1. The van der Waals surface area contributed by atoms with E-state index in [0.717, 1.165) is 12.1 Å². The Bertz CT molecular complexity index is 406. The minimum atomic E-state index is -0.0936. The number of rotatable bonds is 3. The topological polar surface area (TPSA) is 61.0 Å². The summed E-state index contributed by atoms with van der Waals surface area (Å²) in [5, 5.41) is 0. The fourth-order valence-electron chi connectivity index (χ4n) is 3.10. The molecule has 0 amide bonds. The van der Waals surface area contributed by atoms with Gasteiger partial charge >= 0.3 is 0 Å². The molecule has 1 heterocycles. The lowest BCUT2D eigenvalue weighted by molar-refractivity contribution is 0.110. The molecule has 1 fully saturated rings. The molecule has 0 radical (unpaired) electrons. The van der Waals surface area contributed by atoms with E-state index in [1.54, 1.807) is 19.5 Å². The molecule has 0 saturated heterocycles. The Kier molecular flexibility index (Phi) is 3.85. The number of hydrogen-bond acceptors (Lipinski definition) is 4. The summed E-state index contributed by atoms with van der Waals surface area (Å²) in [6.07, 6.45) is 8.27. The summed E-state index contributed by atoms with van der Waals surface area (Å²) in [5.74, 6) is 1.00. The van der Waals surface area contributed by atoms with Crippen LogP contribution in [0.3, 0.4) is 0 Å². The molecule has 2 rings (SSSR count). The van der Waals surface area contributed by atoms with Crippen LogP contribution in [0.25, 0.3) is 0 Å². The number of hydrogen-bond donors (Lipinski definition) is 1. The molecule has 4 heteroatoms. The van der Waals surface area contributed by atoms with Gasteiger partial charge in [0.25, 0.3) is 0 Å². The van der Waals surface area contributed by atoms with Crippen LogP contribution >= 0.6 is 0 Å². The molecule has 1 aromatic rings. The molecule has 0 bridgehead atoms. The van der Waals surface area contributed by atoms with Crippen molar-refractivity contribution in [1.82, 2.24) is 9.97 Å². The summed E-state index contributed by atoms with van der Waals surface area (Å²) < 4.78 is 5.27. The second-order valence-electron chi connectivity index (χ2n) is 5.82. The van der Waals surface area contributed by atoms with Crippen LogP contribution in [-0.4, -0.2) is 17.1 Å².